The van der Waals surface area contributed by atoms with E-state index in [1.807, 2.05) is 19.2 Å². The fourth-order valence-electron chi connectivity index (χ4n) is 4.14. The van der Waals surface area contributed by atoms with Gasteiger partial charge in [0.1, 0.15) is 0 Å². The van der Waals surface area contributed by atoms with Crippen LogP contribution in [0.1, 0.15) is 31.4 Å². The van der Waals surface area contributed by atoms with Gasteiger partial charge in [0.15, 0.2) is 5.82 Å². The number of anilines is 2. The zero-order chi connectivity index (χ0) is 19.6. The van der Waals surface area contributed by atoms with Crippen LogP contribution < -0.4 is 9.80 Å². The number of rotatable bonds is 3. The number of hydrogen-bond donors (Lipinski definition) is 0. The Labute approximate surface area is 170 Å². The number of nitrogens with zero attached hydrogens (tertiary/aromatic N) is 7. The van der Waals surface area contributed by atoms with Crippen LogP contribution in [0.25, 0.3) is 10.9 Å². The second kappa shape index (κ2) is 7.63. The summed E-state index contributed by atoms with van der Waals surface area (Å²) in [4.78, 5) is 27.3. The van der Waals surface area contributed by atoms with Crippen molar-refractivity contribution in [2.75, 3.05) is 36.0 Å². The second-order valence-corrected chi connectivity index (χ2v) is 7.63. The summed E-state index contributed by atoms with van der Waals surface area (Å²) in [6.45, 7) is 5.61. The molecule has 3 aromatic heterocycles. The third kappa shape index (κ3) is 3.46. The molecule has 29 heavy (non-hydrogen) atoms. The van der Waals surface area contributed by atoms with E-state index in [0.717, 1.165) is 67.4 Å². The van der Waals surface area contributed by atoms with Crippen molar-refractivity contribution in [3.05, 3.63) is 42.7 Å². The fourth-order valence-corrected chi connectivity index (χ4v) is 4.14. The number of piperidine rings is 1. The summed E-state index contributed by atoms with van der Waals surface area (Å²) >= 11 is 0. The molecule has 7 nitrogen and oxygen atoms in total. The van der Waals surface area contributed by atoms with Crippen molar-refractivity contribution in [2.45, 2.75) is 25.7 Å². The van der Waals surface area contributed by atoms with Crippen LogP contribution in [0.15, 0.2) is 37.1 Å². The maximum absolute atomic E-state index is 4.70. The molecule has 146 valence electrons. The lowest BCUT2D eigenvalue weighted by atomic mass is 9.94. The molecule has 7 heteroatoms. The van der Waals surface area contributed by atoms with Gasteiger partial charge in [-0.25, -0.2) is 15.0 Å². The summed E-state index contributed by atoms with van der Waals surface area (Å²) in [6, 6.07) is 1.93. The first kappa shape index (κ1) is 17.8. The van der Waals surface area contributed by atoms with Gasteiger partial charge in [-0.2, -0.15) is 0 Å². The van der Waals surface area contributed by atoms with Gasteiger partial charge in [-0.3, -0.25) is 9.97 Å². The molecule has 2 aliphatic rings. The van der Waals surface area contributed by atoms with E-state index in [0.29, 0.717) is 11.8 Å². The molecule has 0 atom stereocenters. The average molecular weight is 385 g/mol. The van der Waals surface area contributed by atoms with Gasteiger partial charge in [-0.15, -0.1) is 11.8 Å². The van der Waals surface area contributed by atoms with Gasteiger partial charge in [0.2, 0.25) is 5.95 Å². The van der Waals surface area contributed by atoms with E-state index in [1.54, 1.807) is 24.8 Å². The summed E-state index contributed by atoms with van der Waals surface area (Å²) in [6.07, 6.45) is 11.2. The second-order valence-electron chi connectivity index (χ2n) is 7.63. The van der Waals surface area contributed by atoms with Gasteiger partial charge >= 0.3 is 0 Å². The summed E-state index contributed by atoms with van der Waals surface area (Å²) in [5, 5.41) is 1.01. The maximum atomic E-state index is 4.70. The largest absolute Gasteiger partial charge is 0.355 e. The van der Waals surface area contributed by atoms with Crippen molar-refractivity contribution in [3.63, 3.8) is 0 Å². The zero-order valence-electron chi connectivity index (χ0n) is 16.5. The molecule has 0 saturated carbocycles. The minimum Gasteiger partial charge on any atom is -0.355 e. The normalized spacial score (nSPS) is 17.7. The molecule has 0 N–H and O–H groups in total. The quantitative estimate of drug-likeness (QED) is 0.642. The summed E-state index contributed by atoms with van der Waals surface area (Å²) in [5.74, 6) is 9.01. The highest BCUT2D eigenvalue weighted by molar-refractivity contribution is 5.77. The molecule has 2 saturated heterocycles. The van der Waals surface area contributed by atoms with E-state index in [2.05, 4.69) is 41.6 Å². The van der Waals surface area contributed by atoms with E-state index in [9.17, 15) is 0 Å². The number of aromatic nitrogens is 5. The Kier molecular flexibility index (Phi) is 4.68. The van der Waals surface area contributed by atoms with Gasteiger partial charge < -0.3 is 9.80 Å². The highest BCUT2D eigenvalue weighted by Gasteiger charge is 2.34. The van der Waals surface area contributed by atoms with E-state index < -0.39 is 0 Å². The first-order chi connectivity index (χ1) is 14.3. The van der Waals surface area contributed by atoms with E-state index in [1.165, 1.54) is 0 Å². The molecule has 0 aromatic carbocycles. The van der Waals surface area contributed by atoms with E-state index in [-0.39, 0.29) is 0 Å². The molecule has 2 fully saturated rings. The number of pyridine rings is 1. The molecular weight excluding hydrogens is 362 g/mol. The topological polar surface area (TPSA) is 70.9 Å². The van der Waals surface area contributed by atoms with Crippen LogP contribution >= 0.6 is 0 Å². The zero-order valence-corrected chi connectivity index (χ0v) is 16.5. The Morgan fingerprint density at radius 2 is 1.79 bits per heavy atom. The van der Waals surface area contributed by atoms with Crippen molar-refractivity contribution >= 4 is 22.7 Å². The fraction of sp³-hybridized carbons (Fsp3) is 0.409. The first-order valence-corrected chi connectivity index (χ1v) is 10.1. The highest BCUT2D eigenvalue weighted by atomic mass is 15.3. The predicted molar refractivity (Wildman–Crippen MR) is 113 cm³/mol. The standard InChI is InChI=1S/C22H23N7/c1-2-3-16-5-10-28(11-6-16)21-20(24-8-9-25-21)18-14-29(15-18)22-26-12-17-4-7-23-13-19(17)27-22/h4,7-9,12-13,16,18H,5-6,10-11,14-15H2,1H3. The molecule has 0 amide bonds. The molecule has 5 rings (SSSR count). The van der Waals surface area contributed by atoms with Gasteiger partial charge in [0.05, 0.1) is 17.4 Å². The minimum absolute atomic E-state index is 0.347. The molecule has 0 bridgehead atoms. The lowest BCUT2D eigenvalue weighted by Crippen LogP contribution is -2.47. The lowest BCUT2D eigenvalue weighted by molar-refractivity contribution is 0.474. The van der Waals surface area contributed by atoms with Crippen molar-refractivity contribution in [3.8, 4) is 11.8 Å². The summed E-state index contributed by atoms with van der Waals surface area (Å²) in [5.41, 5.74) is 1.96. The van der Waals surface area contributed by atoms with Crippen LogP contribution in [0.2, 0.25) is 0 Å². The predicted octanol–water partition coefficient (Wildman–Crippen LogP) is 2.66. The van der Waals surface area contributed by atoms with Gasteiger partial charge in [0, 0.05) is 68.2 Å². The van der Waals surface area contributed by atoms with Crippen LogP contribution in [0.4, 0.5) is 11.8 Å². The molecule has 0 radical (unpaired) electrons. The van der Waals surface area contributed by atoms with Crippen LogP contribution in [0.3, 0.4) is 0 Å². The SMILES string of the molecule is CC#CC1CCN(c2nccnc2C2CN(c3ncc4ccncc4n3)C2)CC1. The van der Waals surface area contributed by atoms with Crippen molar-refractivity contribution in [2.24, 2.45) is 5.92 Å². The Bertz CT molecular complexity index is 1070. The molecular formula is C22H23N7. The highest BCUT2D eigenvalue weighted by Crippen LogP contribution is 2.34. The van der Waals surface area contributed by atoms with Crippen LogP contribution in [-0.4, -0.2) is 51.1 Å². The average Bonchev–Trinajstić information content (AvgIpc) is 2.74. The lowest BCUT2D eigenvalue weighted by Gasteiger charge is -2.40. The maximum Gasteiger partial charge on any atom is 0.225 e. The molecule has 3 aromatic rings. The van der Waals surface area contributed by atoms with Crippen molar-refractivity contribution in [1.29, 1.82) is 0 Å². The Morgan fingerprint density at radius 3 is 2.62 bits per heavy atom. The summed E-state index contributed by atoms with van der Waals surface area (Å²) < 4.78 is 0. The van der Waals surface area contributed by atoms with Crippen LogP contribution in [-0.2, 0) is 0 Å². The van der Waals surface area contributed by atoms with Crippen molar-refractivity contribution in [1.82, 2.24) is 24.9 Å². The Morgan fingerprint density at radius 1 is 0.966 bits per heavy atom. The molecule has 2 aliphatic heterocycles. The van der Waals surface area contributed by atoms with E-state index >= 15 is 0 Å². The molecule has 0 spiro atoms. The smallest absolute Gasteiger partial charge is 0.225 e. The van der Waals surface area contributed by atoms with Crippen molar-refractivity contribution < 1.29 is 0 Å². The van der Waals surface area contributed by atoms with Gasteiger partial charge in [-0.05, 0) is 25.8 Å². The first-order valence-electron chi connectivity index (χ1n) is 10.1. The third-order valence-electron chi connectivity index (χ3n) is 5.77. The molecule has 0 unspecified atom stereocenters. The van der Waals surface area contributed by atoms with Gasteiger partial charge in [0.25, 0.3) is 0 Å². The third-order valence-corrected chi connectivity index (χ3v) is 5.77. The monoisotopic (exact) mass is 385 g/mol. The van der Waals surface area contributed by atoms with Gasteiger partial charge in [-0.1, -0.05) is 0 Å². The number of fused-ring (bicyclic) bond motifs is 1. The minimum atomic E-state index is 0.347. The van der Waals surface area contributed by atoms with Crippen LogP contribution in [0, 0.1) is 17.8 Å². The van der Waals surface area contributed by atoms with Crippen LogP contribution in [0.5, 0.6) is 0 Å². The summed E-state index contributed by atoms with van der Waals surface area (Å²) in [7, 11) is 0. The Hall–Kier alpha value is -3.27. The Balaban J connectivity index is 1.30. The van der Waals surface area contributed by atoms with E-state index in [4.69, 9.17) is 4.98 Å². The molecule has 5 heterocycles. The molecule has 0 aliphatic carbocycles. The number of hydrogen-bond acceptors (Lipinski definition) is 7.